The molecule has 1 saturated carbocycles. The molecule has 0 N–H and O–H groups in total. The number of hydrogen-bond donors (Lipinski definition) is 0. The molecule has 2 fully saturated rings. The molecule has 2 heterocycles. The second-order valence-electron chi connectivity index (χ2n) is 6.83. The molecule has 0 spiro atoms. The SMILES string of the molecule is CN(C1CCCCC1)S(=O)(=O)N1CCN(c2ccc([N+](=O)[O-])nc2)CC1. The zero-order chi connectivity index (χ0) is 18.7. The highest BCUT2D eigenvalue weighted by atomic mass is 32.2. The second kappa shape index (κ2) is 7.85. The van der Waals surface area contributed by atoms with Gasteiger partial charge in [0.25, 0.3) is 10.2 Å². The number of anilines is 1. The average Bonchev–Trinajstić information content (AvgIpc) is 2.68. The van der Waals surface area contributed by atoms with Crippen LogP contribution in [0.25, 0.3) is 0 Å². The smallest absolute Gasteiger partial charge is 0.363 e. The Kier molecular flexibility index (Phi) is 5.73. The number of hydrogen-bond acceptors (Lipinski definition) is 6. The third-order valence-electron chi connectivity index (χ3n) is 5.30. The molecule has 1 aliphatic heterocycles. The van der Waals surface area contributed by atoms with Crippen LogP contribution in [0.1, 0.15) is 32.1 Å². The minimum absolute atomic E-state index is 0.102. The summed E-state index contributed by atoms with van der Waals surface area (Å²) in [5.74, 6) is -0.191. The summed E-state index contributed by atoms with van der Waals surface area (Å²) in [6.45, 7) is 1.88. The first-order chi connectivity index (χ1) is 12.4. The Balaban J connectivity index is 1.61. The van der Waals surface area contributed by atoms with Gasteiger partial charge in [-0.3, -0.25) is 0 Å². The van der Waals surface area contributed by atoms with Crippen molar-refractivity contribution in [2.75, 3.05) is 38.1 Å². The summed E-state index contributed by atoms with van der Waals surface area (Å²) in [6, 6.07) is 3.13. The van der Waals surface area contributed by atoms with Crippen LogP contribution in [0.15, 0.2) is 18.3 Å². The molecule has 0 atom stereocenters. The van der Waals surface area contributed by atoms with Gasteiger partial charge in [-0.2, -0.15) is 17.0 Å². The van der Waals surface area contributed by atoms with Crippen molar-refractivity contribution in [2.24, 2.45) is 0 Å². The zero-order valence-electron chi connectivity index (χ0n) is 15.0. The molecule has 2 aliphatic rings. The summed E-state index contributed by atoms with van der Waals surface area (Å²) in [4.78, 5) is 16.0. The maximum Gasteiger partial charge on any atom is 0.363 e. The molecular weight excluding hydrogens is 358 g/mol. The highest BCUT2D eigenvalue weighted by molar-refractivity contribution is 7.86. The lowest BCUT2D eigenvalue weighted by molar-refractivity contribution is -0.389. The lowest BCUT2D eigenvalue weighted by Crippen LogP contribution is -2.54. The molecule has 0 aromatic carbocycles. The predicted octanol–water partition coefficient (Wildman–Crippen LogP) is 1.62. The largest absolute Gasteiger partial charge is 0.366 e. The Morgan fingerprint density at radius 3 is 2.35 bits per heavy atom. The fourth-order valence-corrected chi connectivity index (χ4v) is 5.24. The topological polar surface area (TPSA) is 99.9 Å². The van der Waals surface area contributed by atoms with Crippen molar-refractivity contribution < 1.29 is 13.3 Å². The van der Waals surface area contributed by atoms with Gasteiger partial charge in [-0.25, -0.2) is 0 Å². The Bertz CT molecular complexity index is 726. The minimum atomic E-state index is -3.45. The predicted molar refractivity (Wildman–Crippen MR) is 98.2 cm³/mol. The van der Waals surface area contributed by atoms with E-state index in [-0.39, 0.29) is 11.9 Å². The summed E-state index contributed by atoms with van der Waals surface area (Å²) < 4.78 is 28.9. The van der Waals surface area contributed by atoms with E-state index in [9.17, 15) is 18.5 Å². The van der Waals surface area contributed by atoms with Crippen LogP contribution >= 0.6 is 0 Å². The molecule has 9 nitrogen and oxygen atoms in total. The molecule has 0 amide bonds. The molecule has 1 aliphatic carbocycles. The lowest BCUT2D eigenvalue weighted by Gasteiger charge is -2.39. The van der Waals surface area contributed by atoms with E-state index < -0.39 is 15.1 Å². The van der Waals surface area contributed by atoms with Crippen LogP contribution in [0.4, 0.5) is 11.5 Å². The van der Waals surface area contributed by atoms with Crippen molar-refractivity contribution >= 4 is 21.7 Å². The number of nitrogens with zero attached hydrogens (tertiary/aromatic N) is 5. The van der Waals surface area contributed by atoms with Crippen molar-refractivity contribution in [2.45, 2.75) is 38.1 Å². The first-order valence-corrected chi connectivity index (χ1v) is 10.4. The maximum absolute atomic E-state index is 12.9. The fraction of sp³-hybridized carbons (Fsp3) is 0.688. The molecule has 1 aromatic heterocycles. The zero-order valence-corrected chi connectivity index (χ0v) is 15.8. The van der Waals surface area contributed by atoms with Gasteiger partial charge in [0.15, 0.2) is 6.20 Å². The van der Waals surface area contributed by atoms with Crippen LogP contribution in [0.3, 0.4) is 0 Å². The number of pyridine rings is 1. The van der Waals surface area contributed by atoms with E-state index in [2.05, 4.69) is 4.98 Å². The number of aromatic nitrogens is 1. The average molecular weight is 383 g/mol. The van der Waals surface area contributed by atoms with Gasteiger partial charge in [-0.1, -0.05) is 19.3 Å². The summed E-state index contributed by atoms with van der Waals surface area (Å²) in [7, 11) is -1.76. The first kappa shape index (κ1) is 19.0. The third kappa shape index (κ3) is 3.97. The number of rotatable bonds is 5. The van der Waals surface area contributed by atoms with Crippen molar-refractivity contribution in [3.05, 3.63) is 28.4 Å². The van der Waals surface area contributed by atoms with Crippen LogP contribution < -0.4 is 4.90 Å². The molecule has 1 saturated heterocycles. The Morgan fingerprint density at radius 1 is 1.15 bits per heavy atom. The normalized spacial score (nSPS) is 20.5. The van der Waals surface area contributed by atoms with Crippen LogP contribution in [-0.4, -0.2) is 66.2 Å². The Labute approximate surface area is 153 Å². The summed E-state index contributed by atoms with van der Waals surface area (Å²) >= 11 is 0. The summed E-state index contributed by atoms with van der Waals surface area (Å²) in [6.07, 6.45) is 6.70. The third-order valence-corrected chi connectivity index (χ3v) is 7.35. The van der Waals surface area contributed by atoms with Crippen molar-refractivity contribution in [3.8, 4) is 0 Å². The van der Waals surface area contributed by atoms with Gasteiger partial charge in [0.1, 0.15) is 0 Å². The number of piperazine rings is 1. The highest BCUT2D eigenvalue weighted by Gasteiger charge is 2.34. The van der Waals surface area contributed by atoms with E-state index in [0.29, 0.717) is 26.2 Å². The standard InChI is InChI=1S/C16H25N5O4S/c1-18(14-5-3-2-4-6-14)26(24,25)20-11-9-19(10-12-20)15-7-8-16(17-13-15)21(22)23/h7-8,13-14H,2-6,9-12H2,1H3. The molecule has 3 rings (SSSR count). The molecule has 10 heteroatoms. The minimum Gasteiger partial charge on any atom is -0.366 e. The van der Waals surface area contributed by atoms with E-state index in [4.69, 9.17) is 0 Å². The van der Waals surface area contributed by atoms with E-state index in [1.54, 1.807) is 17.4 Å². The molecule has 0 unspecified atom stereocenters. The summed E-state index contributed by atoms with van der Waals surface area (Å²) in [5, 5.41) is 10.7. The van der Waals surface area contributed by atoms with Crippen molar-refractivity contribution in [3.63, 3.8) is 0 Å². The molecule has 26 heavy (non-hydrogen) atoms. The van der Waals surface area contributed by atoms with Gasteiger partial charge in [0.05, 0.1) is 5.69 Å². The van der Waals surface area contributed by atoms with Gasteiger partial charge in [0.2, 0.25) is 0 Å². The van der Waals surface area contributed by atoms with Crippen LogP contribution in [0.5, 0.6) is 0 Å². The first-order valence-electron chi connectivity index (χ1n) is 8.98. The monoisotopic (exact) mass is 383 g/mol. The van der Waals surface area contributed by atoms with Crippen LogP contribution in [0, 0.1) is 10.1 Å². The fourth-order valence-electron chi connectivity index (χ4n) is 3.67. The molecule has 144 valence electrons. The highest BCUT2D eigenvalue weighted by Crippen LogP contribution is 2.26. The molecular formula is C16H25N5O4S. The number of nitro groups is 1. The van der Waals surface area contributed by atoms with Gasteiger partial charge >= 0.3 is 5.82 Å². The van der Waals surface area contributed by atoms with Crippen LogP contribution in [0.2, 0.25) is 0 Å². The lowest BCUT2D eigenvalue weighted by atomic mass is 9.96. The van der Waals surface area contributed by atoms with Crippen molar-refractivity contribution in [1.29, 1.82) is 0 Å². The van der Waals surface area contributed by atoms with E-state index in [1.165, 1.54) is 23.0 Å². The summed E-state index contributed by atoms with van der Waals surface area (Å²) in [5.41, 5.74) is 0.772. The van der Waals surface area contributed by atoms with Crippen molar-refractivity contribution in [1.82, 2.24) is 13.6 Å². The molecule has 1 aromatic rings. The Hall–Kier alpha value is -1.78. The van der Waals surface area contributed by atoms with Gasteiger partial charge in [-0.05, 0) is 28.8 Å². The Morgan fingerprint density at radius 2 is 1.81 bits per heavy atom. The molecule has 0 radical (unpaired) electrons. The van der Waals surface area contributed by atoms with Gasteiger partial charge < -0.3 is 15.0 Å². The van der Waals surface area contributed by atoms with E-state index in [1.807, 2.05) is 4.90 Å². The van der Waals surface area contributed by atoms with Gasteiger partial charge in [-0.15, -0.1) is 0 Å². The van der Waals surface area contributed by atoms with E-state index in [0.717, 1.165) is 31.4 Å². The van der Waals surface area contributed by atoms with Crippen LogP contribution in [-0.2, 0) is 10.2 Å². The maximum atomic E-state index is 12.9. The van der Waals surface area contributed by atoms with E-state index >= 15 is 0 Å². The molecule has 0 bridgehead atoms. The van der Waals surface area contributed by atoms with Gasteiger partial charge in [0, 0.05) is 45.3 Å². The second-order valence-corrected chi connectivity index (χ2v) is 8.82. The quantitative estimate of drug-likeness (QED) is 0.566.